The molecule has 0 fully saturated rings. The van der Waals surface area contributed by atoms with Crippen LogP contribution in [0, 0.1) is 0 Å². The lowest BCUT2D eigenvalue weighted by atomic mass is 10.4. The maximum Gasteiger partial charge on any atom is 0.506 e. The van der Waals surface area contributed by atoms with Crippen LogP contribution in [-0.2, 0) is 11.2 Å². The summed E-state index contributed by atoms with van der Waals surface area (Å²) in [6, 6.07) is 0. The summed E-state index contributed by atoms with van der Waals surface area (Å²) in [5.41, 5.74) is 0. The molecule has 0 aliphatic rings. The van der Waals surface area contributed by atoms with E-state index in [-0.39, 0.29) is 5.94 Å². The Morgan fingerprint density at radius 3 is 2.94 bits per heavy atom. The minimum Gasteiger partial charge on any atom is -0.450 e. The Balaban J connectivity index is 2.30. The van der Waals surface area contributed by atoms with Crippen molar-refractivity contribution in [3.05, 3.63) is 5.01 Å². The molecule has 0 radical (unpaired) electrons. The quantitative estimate of drug-likeness (QED) is 0.472. The first kappa shape index (κ1) is 13.2. The van der Waals surface area contributed by atoms with Gasteiger partial charge in [-0.3, -0.25) is 0 Å². The molecule has 0 unspecified atom stereocenters. The van der Waals surface area contributed by atoms with Crippen LogP contribution in [0.3, 0.4) is 0 Å². The number of hydrogen-bond acceptors (Lipinski definition) is 7. The van der Waals surface area contributed by atoms with Crippen molar-refractivity contribution < 1.29 is 14.6 Å². The van der Waals surface area contributed by atoms with Gasteiger partial charge in [-0.2, -0.15) is 0 Å². The predicted molar refractivity (Wildman–Crippen MR) is 62.0 cm³/mol. The molecule has 0 aliphatic heterocycles. The average Bonchev–Trinajstić information content (AvgIpc) is 2.62. The van der Waals surface area contributed by atoms with E-state index >= 15 is 0 Å². The van der Waals surface area contributed by atoms with Gasteiger partial charge in [0.15, 0.2) is 4.34 Å². The van der Waals surface area contributed by atoms with E-state index in [0.29, 0.717) is 0 Å². The highest BCUT2D eigenvalue weighted by Crippen LogP contribution is 2.22. The number of nitrogens with zero attached hydrogens (tertiary/aromatic N) is 3. The first-order chi connectivity index (χ1) is 7.58. The lowest BCUT2D eigenvalue weighted by Gasteiger charge is -2.05. The van der Waals surface area contributed by atoms with Crippen LogP contribution >= 0.6 is 23.1 Å². The van der Waals surface area contributed by atoms with Gasteiger partial charge in [-0.1, -0.05) is 23.1 Å². The number of hydrogen-bond donors (Lipinski definition) is 1. The minimum atomic E-state index is -1.27. The molecule has 0 aliphatic carbocycles. The van der Waals surface area contributed by atoms with E-state index < -0.39 is 6.16 Å². The van der Waals surface area contributed by atoms with Crippen molar-refractivity contribution in [1.82, 2.24) is 15.1 Å². The Morgan fingerprint density at radius 2 is 2.31 bits per heavy atom. The fourth-order valence-electron chi connectivity index (χ4n) is 0.847. The first-order valence-corrected chi connectivity index (χ1v) is 6.34. The molecule has 0 aromatic carbocycles. The number of ether oxygens (including phenoxy) is 1. The molecule has 0 saturated carbocycles. The Kier molecular flexibility index (Phi) is 5.50. The minimum absolute atomic E-state index is 0.0532. The van der Waals surface area contributed by atoms with Crippen molar-refractivity contribution in [2.75, 3.05) is 26.6 Å². The summed E-state index contributed by atoms with van der Waals surface area (Å²) < 4.78 is 5.09. The second-order valence-electron chi connectivity index (χ2n) is 3.19. The standard InChI is InChI=1S/C8H13N3O3S2/c1-11(2)4-3-6-9-10-7(16-6)15-5-14-8(12)13/h3-5H2,1-2H3,(H,12,13). The summed E-state index contributed by atoms with van der Waals surface area (Å²) in [6.45, 7) is 0.922. The lowest BCUT2D eigenvalue weighted by molar-refractivity contribution is 0.109. The summed E-state index contributed by atoms with van der Waals surface area (Å²) in [6.07, 6.45) is -0.421. The first-order valence-electron chi connectivity index (χ1n) is 4.53. The number of likely N-dealkylation sites (N-methyl/N-ethyl adjacent to an activating group) is 1. The molecule has 8 heteroatoms. The van der Waals surface area contributed by atoms with E-state index in [4.69, 9.17) is 5.11 Å². The Labute approximate surface area is 102 Å². The second kappa shape index (κ2) is 6.66. The van der Waals surface area contributed by atoms with Crippen LogP contribution in [0.4, 0.5) is 4.79 Å². The van der Waals surface area contributed by atoms with E-state index in [9.17, 15) is 4.79 Å². The number of carboxylic acid groups (broad SMARTS) is 1. The van der Waals surface area contributed by atoms with Crippen LogP contribution in [0.5, 0.6) is 0 Å². The zero-order valence-corrected chi connectivity index (χ0v) is 10.7. The SMILES string of the molecule is CN(C)CCc1nnc(SCOC(=O)O)s1. The molecule has 1 heterocycles. The summed E-state index contributed by atoms with van der Waals surface area (Å²) in [7, 11) is 3.99. The normalized spacial score (nSPS) is 10.7. The van der Waals surface area contributed by atoms with Crippen molar-refractivity contribution in [2.45, 2.75) is 10.8 Å². The zero-order valence-electron chi connectivity index (χ0n) is 9.04. The monoisotopic (exact) mass is 263 g/mol. The third-order valence-electron chi connectivity index (χ3n) is 1.59. The number of carbonyl (C=O) groups is 1. The zero-order chi connectivity index (χ0) is 12.0. The smallest absolute Gasteiger partial charge is 0.450 e. The van der Waals surface area contributed by atoms with Crippen LogP contribution in [-0.4, -0.2) is 52.9 Å². The van der Waals surface area contributed by atoms with Crippen molar-refractivity contribution in [3.63, 3.8) is 0 Å². The molecule has 0 atom stereocenters. The highest BCUT2D eigenvalue weighted by Gasteiger charge is 2.06. The highest BCUT2D eigenvalue weighted by atomic mass is 32.2. The van der Waals surface area contributed by atoms with Gasteiger partial charge in [0.05, 0.1) is 0 Å². The number of aromatic nitrogens is 2. The summed E-state index contributed by atoms with van der Waals surface area (Å²) in [5.74, 6) is 0.0532. The molecule has 1 aromatic heterocycles. The second-order valence-corrected chi connectivity index (χ2v) is 5.42. The Bertz CT molecular complexity index is 343. The lowest BCUT2D eigenvalue weighted by Crippen LogP contribution is -2.14. The molecule has 0 bridgehead atoms. The van der Waals surface area contributed by atoms with Gasteiger partial charge in [0.2, 0.25) is 0 Å². The third kappa shape index (κ3) is 5.29. The van der Waals surface area contributed by atoms with Crippen molar-refractivity contribution in [3.8, 4) is 0 Å². The van der Waals surface area contributed by atoms with Crippen LogP contribution in [0.1, 0.15) is 5.01 Å². The van der Waals surface area contributed by atoms with Gasteiger partial charge < -0.3 is 14.7 Å². The Morgan fingerprint density at radius 1 is 1.56 bits per heavy atom. The van der Waals surface area contributed by atoms with Gasteiger partial charge in [0, 0.05) is 13.0 Å². The van der Waals surface area contributed by atoms with Crippen molar-refractivity contribution >= 4 is 29.3 Å². The summed E-state index contributed by atoms with van der Waals surface area (Å²) in [4.78, 5) is 12.2. The van der Waals surface area contributed by atoms with E-state index in [2.05, 4.69) is 19.8 Å². The van der Waals surface area contributed by atoms with Crippen molar-refractivity contribution in [2.24, 2.45) is 0 Å². The molecule has 0 amide bonds. The molecule has 1 N–H and O–H groups in total. The molecule has 1 rings (SSSR count). The number of rotatable bonds is 6. The van der Waals surface area contributed by atoms with Gasteiger partial charge in [-0.15, -0.1) is 10.2 Å². The molecule has 0 saturated heterocycles. The summed E-state index contributed by atoms with van der Waals surface area (Å²) >= 11 is 2.70. The van der Waals surface area contributed by atoms with Crippen LogP contribution < -0.4 is 0 Å². The number of thioether (sulfide) groups is 1. The third-order valence-corrected chi connectivity index (χ3v) is 3.53. The molecule has 6 nitrogen and oxygen atoms in total. The fraction of sp³-hybridized carbons (Fsp3) is 0.625. The topological polar surface area (TPSA) is 75.5 Å². The van der Waals surface area contributed by atoms with Gasteiger partial charge in [0.25, 0.3) is 0 Å². The molecular weight excluding hydrogens is 250 g/mol. The summed E-state index contributed by atoms with van der Waals surface area (Å²) in [5, 5.41) is 17.2. The molecule has 90 valence electrons. The van der Waals surface area contributed by atoms with Crippen molar-refractivity contribution in [1.29, 1.82) is 0 Å². The van der Waals surface area contributed by atoms with Gasteiger partial charge >= 0.3 is 6.16 Å². The highest BCUT2D eigenvalue weighted by molar-refractivity contribution is 8.00. The maximum atomic E-state index is 10.1. The van der Waals surface area contributed by atoms with Gasteiger partial charge in [-0.05, 0) is 14.1 Å². The molecule has 0 spiro atoms. The van der Waals surface area contributed by atoms with Crippen LogP contribution in [0.2, 0.25) is 0 Å². The van der Waals surface area contributed by atoms with Crippen LogP contribution in [0.15, 0.2) is 4.34 Å². The Hall–Kier alpha value is -0.860. The van der Waals surface area contributed by atoms with E-state index in [0.717, 1.165) is 22.3 Å². The maximum absolute atomic E-state index is 10.1. The predicted octanol–water partition coefficient (Wildman–Crippen LogP) is 1.39. The molecule has 16 heavy (non-hydrogen) atoms. The van der Waals surface area contributed by atoms with E-state index in [1.54, 1.807) is 0 Å². The van der Waals surface area contributed by atoms with E-state index in [1.165, 1.54) is 23.1 Å². The molecule has 1 aromatic rings. The molecular formula is C8H13N3O3S2. The van der Waals surface area contributed by atoms with Gasteiger partial charge in [0.1, 0.15) is 10.9 Å². The van der Waals surface area contributed by atoms with Gasteiger partial charge in [-0.25, -0.2) is 4.79 Å². The fourth-order valence-corrected chi connectivity index (χ4v) is 2.43. The van der Waals surface area contributed by atoms with Crippen LogP contribution in [0.25, 0.3) is 0 Å². The van der Waals surface area contributed by atoms with E-state index in [1.807, 2.05) is 14.1 Å². The largest absolute Gasteiger partial charge is 0.506 e. The average molecular weight is 263 g/mol.